The molecule has 1 aliphatic rings. The predicted molar refractivity (Wildman–Crippen MR) is 62.3 cm³/mol. The van der Waals surface area contributed by atoms with Crippen molar-refractivity contribution in [2.45, 2.75) is 25.3 Å². The van der Waals surface area contributed by atoms with Gasteiger partial charge < -0.3 is 14.5 Å². The minimum absolute atomic E-state index is 0.106. The van der Waals surface area contributed by atoms with Crippen molar-refractivity contribution in [3.8, 4) is 0 Å². The molecular weight excluding hydrogens is 274 g/mol. The van der Waals surface area contributed by atoms with E-state index in [1.165, 1.54) is 6.26 Å². The highest BCUT2D eigenvalue weighted by Gasteiger charge is 2.30. The number of furan rings is 1. The zero-order chi connectivity index (χ0) is 11.6. The monoisotopic (exact) mass is 287 g/mol. The van der Waals surface area contributed by atoms with Gasteiger partial charge in [-0.1, -0.05) is 0 Å². The quantitative estimate of drug-likeness (QED) is 0.908. The Morgan fingerprint density at radius 1 is 1.50 bits per heavy atom. The molecule has 1 saturated heterocycles. The van der Waals surface area contributed by atoms with Gasteiger partial charge in [0.25, 0.3) is 5.91 Å². The van der Waals surface area contributed by atoms with Gasteiger partial charge in [-0.2, -0.15) is 0 Å². The molecule has 1 N–H and O–H groups in total. The highest BCUT2D eigenvalue weighted by Crippen LogP contribution is 2.22. The van der Waals surface area contributed by atoms with Crippen LogP contribution in [0.15, 0.2) is 21.4 Å². The summed E-state index contributed by atoms with van der Waals surface area (Å²) in [5.74, 6) is -0.106. The molecule has 16 heavy (non-hydrogen) atoms. The lowest BCUT2D eigenvalue weighted by atomic mass is 9.92. The number of carbonyl (C=O) groups is 1. The van der Waals surface area contributed by atoms with Gasteiger partial charge in [0.05, 0.1) is 11.8 Å². The molecule has 1 amide bonds. The number of halogens is 1. The molecule has 0 aromatic carbocycles. The summed E-state index contributed by atoms with van der Waals surface area (Å²) in [5, 5.41) is 3.03. The summed E-state index contributed by atoms with van der Waals surface area (Å²) >= 11 is 3.20. The number of hydrogen-bond acceptors (Lipinski definition) is 3. The van der Waals surface area contributed by atoms with E-state index in [-0.39, 0.29) is 11.4 Å². The van der Waals surface area contributed by atoms with Gasteiger partial charge in [0.1, 0.15) is 0 Å². The summed E-state index contributed by atoms with van der Waals surface area (Å²) < 4.78 is 10.8. The second-order valence-corrected chi connectivity index (χ2v) is 4.96. The lowest BCUT2D eigenvalue weighted by Gasteiger charge is -2.34. The third-order valence-corrected chi connectivity index (χ3v) is 3.49. The van der Waals surface area contributed by atoms with Crippen LogP contribution in [0.3, 0.4) is 0 Å². The van der Waals surface area contributed by atoms with Gasteiger partial charge in [0.2, 0.25) is 0 Å². The van der Waals surface area contributed by atoms with Crippen molar-refractivity contribution in [2.75, 3.05) is 13.2 Å². The van der Waals surface area contributed by atoms with Gasteiger partial charge in [-0.25, -0.2) is 0 Å². The molecule has 0 unspecified atom stereocenters. The Bertz CT molecular complexity index is 382. The second kappa shape index (κ2) is 4.59. The lowest BCUT2D eigenvalue weighted by molar-refractivity contribution is 0.0422. The molecule has 0 spiro atoms. The van der Waals surface area contributed by atoms with Gasteiger partial charge in [-0.05, 0) is 41.8 Å². The van der Waals surface area contributed by atoms with E-state index < -0.39 is 0 Å². The van der Waals surface area contributed by atoms with Gasteiger partial charge in [0, 0.05) is 18.8 Å². The Labute approximate surface area is 102 Å². The topological polar surface area (TPSA) is 51.5 Å². The smallest absolute Gasteiger partial charge is 0.256 e. The summed E-state index contributed by atoms with van der Waals surface area (Å²) in [7, 11) is 0. The number of ether oxygens (including phenoxy) is 1. The molecule has 2 heterocycles. The Morgan fingerprint density at radius 3 is 2.75 bits per heavy atom. The van der Waals surface area contributed by atoms with Crippen LogP contribution in [0, 0.1) is 0 Å². The van der Waals surface area contributed by atoms with E-state index in [0.29, 0.717) is 23.4 Å². The maximum atomic E-state index is 12.0. The normalized spacial score (nSPS) is 19.4. The van der Waals surface area contributed by atoms with Crippen molar-refractivity contribution in [1.82, 2.24) is 5.32 Å². The largest absolute Gasteiger partial charge is 0.457 e. The molecule has 1 aromatic heterocycles. The highest BCUT2D eigenvalue weighted by atomic mass is 79.9. The van der Waals surface area contributed by atoms with Crippen molar-refractivity contribution < 1.29 is 13.9 Å². The number of nitrogens with one attached hydrogen (secondary N) is 1. The van der Waals surface area contributed by atoms with Gasteiger partial charge in [0.15, 0.2) is 4.67 Å². The first-order valence-corrected chi connectivity index (χ1v) is 6.03. The van der Waals surface area contributed by atoms with Crippen molar-refractivity contribution in [2.24, 2.45) is 0 Å². The highest BCUT2D eigenvalue weighted by molar-refractivity contribution is 9.10. The maximum absolute atomic E-state index is 12.0. The Kier molecular flexibility index (Phi) is 3.35. The summed E-state index contributed by atoms with van der Waals surface area (Å²) in [4.78, 5) is 12.0. The molecule has 1 fully saturated rings. The fraction of sp³-hybridized carbons (Fsp3) is 0.545. The number of carbonyl (C=O) groups excluding carboxylic acids is 1. The zero-order valence-electron chi connectivity index (χ0n) is 9.09. The van der Waals surface area contributed by atoms with Gasteiger partial charge >= 0.3 is 0 Å². The molecule has 0 saturated carbocycles. The molecule has 0 bridgehead atoms. The van der Waals surface area contributed by atoms with Crippen LogP contribution in [0.4, 0.5) is 0 Å². The molecule has 4 nitrogen and oxygen atoms in total. The summed E-state index contributed by atoms with van der Waals surface area (Å²) in [5.41, 5.74) is 0.360. The summed E-state index contributed by atoms with van der Waals surface area (Å²) in [6.07, 6.45) is 3.17. The first kappa shape index (κ1) is 11.7. The van der Waals surface area contributed by atoms with Gasteiger partial charge in [-0.15, -0.1) is 0 Å². The van der Waals surface area contributed by atoms with Crippen LogP contribution in [0.2, 0.25) is 0 Å². The van der Waals surface area contributed by atoms with E-state index in [9.17, 15) is 4.79 Å². The first-order valence-electron chi connectivity index (χ1n) is 5.24. The molecule has 5 heteroatoms. The number of amides is 1. The molecule has 0 atom stereocenters. The fourth-order valence-electron chi connectivity index (χ4n) is 1.74. The van der Waals surface area contributed by atoms with Crippen LogP contribution in [-0.2, 0) is 4.74 Å². The molecule has 2 rings (SSSR count). The van der Waals surface area contributed by atoms with Crippen molar-refractivity contribution >= 4 is 21.8 Å². The Morgan fingerprint density at radius 2 is 2.19 bits per heavy atom. The molecular formula is C11H14BrNO3. The minimum Gasteiger partial charge on any atom is -0.457 e. The third kappa shape index (κ3) is 2.47. The molecule has 1 aromatic rings. The van der Waals surface area contributed by atoms with Gasteiger partial charge in [-0.3, -0.25) is 4.79 Å². The molecule has 88 valence electrons. The lowest BCUT2D eigenvalue weighted by Crippen LogP contribution is -2.49. The SMILES string of the molecule is CC1(NC(=O)c2ccoc2Br)CCOCC1. The third-order valence-electron chi connectivity index (χ3n) is 2.87. The van der Waals surface area contributed by atoms with E-state index in [4.69, 9.17) is 9.15 Å². The number of rotatable bonds is 2. The van der Waals surface area contributed by atoms with E-state index >= 15 is 0 Å². The summed E-state index contributed by atoms with van der Waals surface area (Å²) in [6.45, 7) is 3.44. The molecule has 0 radical (unpaired) electrons. The average Bonchev–Trinajstić information content (AvgIpc) is 2.65. The first-order chi connectivity index (χ1) is 7.61. The standard InChI is InChI=1S/C11H14BrNO3/c1-11(3-6-15-7-4-11)13-10(14)8-2-5-16-9(8)12/h2,5H,3-4,6-7H2,1H3,(H,13,14). The number of hydrogen-bond donors (Lipinski definition) is 1. The van der Waals surface area contributed by atoms with Crippen LogP contribution in [-0.4, -0.2) is 24.7 Å². The van der Waals surface area contributed by atoms with Crippen LogP contribution >= 0.6 is 15.9 Å². The summed E-state index contributed by atoms with van der Waals surface area (Å²) in [6, 6.07) is 1.65. The predicted octanol–water partition coefficient (Wildman–Crippen LogP) is 2.34. The maximum Gasteiger partial charge on any atom is 0.256 e. The van der Waals surface area contributed by atoms with E-state index in [2.05, 4.69) is 21.2 Å². The van der Waals surface area contributed by atoms with Crippen molar-refractivity contribution in [3.05, 3.63) is 22.6 Å². The Hall–Kier alpha value is -0.810. The van der Waals surface area contributed by atoms with E-state index in [1.807, 2.05) is 6.92 Å². The second-order valence-electron chi connectivity index (χ2n) is 4.24. The zero-order valence-corrected chi connectivity index (χ0v) is 10.7. The molecule has 0 aliphatic carbocycles. The Balaban J connectivity index is 2.04. The van der Waals surface area contributed by atoms with Crippen molar-refractivity contribution in [3.63, 3.8) is 0 Å². The van der Waals surface area contributed by atoms with Crippen molar-refractivity contribution in [1.29, 1.82) is 0 Å². The fourth-order valence-corrected chi connectivity index (χ4v) is 2.16. The van der Waals surface area contributed by atoms with Crippen LogP contribution in [0.5, 0.6) is 0 Å². The van der Waals surface area contributed by atoms with E-state index in [0.717, 1.165) is 12.8 Å². The average molecular weight is 288 g/mol. The van der Waals surface area contributed by atoms with E-state index in [1.54, 1.807) is 6.07 Å². The van der Waals surface area contributed by atoms with Crippen LogP contribution in [0.25, 0.3) is 0 Å². The van der Waals surface area contributed by atoms with Crippen LogP contribution < -0.4 is 5.32 Å². The minimum atomic E-state index is -0.175. The van der Waals surface area contributed by atoms with Crippen LogP contribution in [0.1, 0.15) is 30.1 Å². The molecule has 1 aliphatic heterocycles.